The van der Waals surface area contributed by atoms with Crippen molar-refractivity contribution in [3.63, 3.8) is 0 Å². The van der Waals surface area contributed by atoms with E-state index in [1.807, 2.05) is 45.2 Å². The van der Waals surface area contributed by atoms with Gasteiger partial charge in [-0.25, -0.2) is 9.78 Å². The number of nitrogens with zero attached hydrogens (tertiary/aromatic N) is 2. The Morgan fingerprint density at radius 1 is 1.18 bits per heavy atom. The summed E-state index contributed by atoms with van der Waals surface area (Å²) in [7, 11) is 1.98. The standard InChI is InChI=1S/C28H38N7O3/c1-5-38-24(36)17-32-28(3,27(37)35(4)14-6-7-15-35)21-12-13-22-25(18(21)2)34-23(33-22)16-31-20-10-8-19(9-11-20)26(29)30/h8-13,31-32H,5-7,14-17H2,1-4H3,(H3,29,30)(H,33,34)/q+1/t28-/m1/s1. The van der Waals surface area contributed by atoms with E-state index in [4.69, 9.17) is 20.9 Å². The first-order valence-corrected chi connectivity index (χ1v) is 13.0. The lowest BCUT2D eigenvalue weighted by Gasteiger charge is -2.37. The second kappa shape index (κ2) is 10.9. The lowest BCUT2D eigenvalue weighted by Crippen LogP contribution is -2.61. The van der Waals surface area contributed by atoms with E-state index in [9.17, 15) is 9.59 Å². The number of amides is 1. The van der Waals surface area contributed by atoms with Gasteiger partial charge in [-0.1, -0.05) is 6.07 Å². The molecule has 0 bridgehead atoms. The minimum Gasteiger partial charge on any atom is -0.465 e. The fourth-order valence-corrected chi connectivity index (χ4v) is 5.37. The molecule has 202 valence electrons. The molecule has 38 heavy (non-hydrogen) atoms. The van der Waals surface area contributed by atoms with Gasteiger partial charge in [0.25, 0.3) is 0 Å². The van der Waals surface area contributed by atoms with E-state index in [-0.39, 0.29) is 24.9 Å². The molecule has 1 aliphatic heterocycles. The average Bonchev–Trinajstić information content (AvgIpc) is 3.53. The van der Waals surface area contributed by atoms with Gasteiger partial charge in [0.05, 0.1) is 50.9 Å². The zero-order valence-electron chi connectivity index (χ0n) is 22.6. The zero-order valence-corrected chi connectivity index (χ0v) is 22.6. The Bertz CT molecular complexity index is 1340. The number of likely N-dealkylation sites (N-methyl/N-ethyl adjacent to an activating group) is 1. The highest BCUT2D eigenvalue weighted by atomic mass is 16.5. The van der Waals surface area contributed by atoms with Crippen LogP contribution >= 0.6 is 0 Å². The summed E-state index contributed by atoms with van der Waals surface area (Å²) >= 11 is 0. The van der Waals surface area contributed by atoms with Crippen molar-refractivity contribution in [2.45, 2.75) is 45.7 Å². The van der Waals surface area contributed by atoms with Gasteiger partial charge in [-0.3, -0.25) is 20.0 Å². The van der Waals surface area contributed by atoms with Crippen molar-refractivity contribution in [3.8, 4) is 0 Å². The van der Waals surface area contributed by atoms with Crippen LogP contribution in [-0.4, -0.2) is 65.5 Å². The maximum Gasteiger partial charge on any atom is 0.338 e. The van der Waals surface area contributed by atoms with Crippen molar-refractivity contribution in [3.05, 3.63) is 58.9 Å². The first-order valence-electron chi connectivity index (χ1n) is 13.0. The van der Waals surface area contributed by atoms with Gasteiger partial charge in [-0.2, -0.15) is 0 Å². The van der Waals surface area contributed by atoms with Crippen molar-refractivity contribution in [1.82, 2.24) is 15.3 Å². The number of aromatic nitrogens is 2. The topological polar surface area (TPSA) is 146 Å². The molecule has 0 saturated carbocycles. The van der Waals surface area contributed by atoms with E-state index in [0.717, 1.165) is 59.6 Å². The number of nitrogen functional groups attached to an aromatic ring is 1. The number of likely N-dealkylation sites (tertiary alicyclic amines) is 1. The largest absolute Gasteiger partial charge is 0.465 e. The van der Waals surface area contributed by atoms with Gasteiger partial charge < -0.3 is 20.8 Å². The third kappa shape index (κ3) is 5.41. The molecule has 0 unspecified atom stereocenters. The number of ether oxygens (including phenoxy) is 1. The molecular formula is C28H38N7O3+. The highest BCUT2D eigenvalue weighted by molar-refractivity contribution is 5.95. The minimum atomic E-state index is -1.10. The van der Waals surface area contributed by atoms with Crippen molar-refractivity contribution in [1.29, 1.82) is 5.41 Å². The number of H-pyrrole nitrogens is 1. The van der Waals surface area contributed by atoms with Crippen LogP contribution in [0.15, 0.2) is 36.4 Å². The van der Waals surface area contributed by atoms with Crippen LogP contribution in [0, 0.1) is 12.3 Å². The number of hydrogen-bond acceptors (Lipinski definition) is 7. The van der Waals surface area contributed by atoms with Crippen molar-refractivity contribution in [2.75, 3.05) is 38.6 Å². The van der Waals surface area contributed by atoms with Gasteiger partial charge in [0.15, 0.2) is 5.54 Å². The van der Waals surface area contributed by atoms with Gasteiger partial charge >= 0.3 is 11.9 Å². The number of rotatable bonds is 10. The predicted octanol–water partition coefficient (Wildman–Crippen LogP) is 2.90. The first kappa shape index (κ1) is 27.3. The Morgan fingerprint density at radius 3 is 2.50 bits per heavy atom. The second-order valence-corrected chi connectivity index (χ2v) is 10.3. The quantitative estimate of drug-likeness (QED) is 0.120. The Morgan fingerprint density at radius 2 is 1.87 bits per heavy atom. The summed E-state index contributed by atoms with van der Waals surface area (Å²) in [5.41, 5.74) is 9.33. The van der Waals surface area contributed by atoms with E-state index < -0.39 is 11.5 Å². The number of aromatic amines is 1. The number of esters is 1. The van der Waals surface area contributed by atoms with Crippen LogP contribution in [0.1, 0.15) is 49.2 Å². The Balaban J connectivity index is 1.63. The van der Waals surface area contributed by atoms with Gasteiger partial charge in [0, 0.05) is 24.1 Å². The summed E-state index contributed by atoms with van der Waals surface area (Å²) in [4.78, 5) is 34.5. The molecular weight excluding hydrogens is 482 g/mol. The number of fused-ring (bicyclic) bond motifs is 1. The van der Waals surface area contributed by atoms with E-state index >= 15 is 0 Å². The van der Waals surface area contributed by atoms with Gasteiger partial charge in [-0.15, -0.1) is 0 Å². The number of carbonyl (C=O) groups excluding carboxylic acids is 2. The molecule has 1 saturated heterocycles. The fourth-order valence-electron chi connectivity index (χ4n) is 5.37. The smallest absolute Gasteiger partial charge is 0.338 e. The maximum atomic E-state index is 14.1. The molecule has 1 aromatic heterocycles. The summed E-state index contributed by atoms with van der Waals surface area (Å²) in [6.45, 7) is 7.85. The molecule has 1 aliphatic rings. The number of imidazole rings is 1. The third-order valence-electron chi connectivity index (χ3n) is 7.51. The van der Waals surface area contributed by atoms with E-state index in [1.165, 1.54) is 0 Å². The Labute approximate surface area is 223 Å². The highest BCUT2D eigenvalue weighted by Gasteiger charge is 2.49. The fraction of sp³-hybridized carbons (Fsp3) is 0.429. The molecule has 3 aromatic rings. The molecule has 2 heterocycles. The molecule has 0 aliphatic carbocycles. The number of nitrogens with two attached hydrogens (primary N) is 1. The molecule has 0 radical (unpaired) electrons. The van der Waals surface area contributed by atoms with Crippen molar-refractivity contribution < 1.29 is 18.8 Å². The number of benzene rings is 2. The van der Waals surface area contributed by atoms with Gasteiger partial charge in [-0.05, 0) is 62.2 Å². The summed E-state index contributed by atoms with van der Waals surface area (Å²) in [5.74, 6) is 0.428. The minimum absolute atomic E-state index is 0.0306. The monoisotopic (exact) mass is 520 g/mol. The number of nitrogens with one attached hydrogen (secondary N) is 4. The molecule has 10 heteroatoms. The van der Waals surface area contributed by atoms with Crippen LogP contribution in [0.5, 0.6) is 0 Å². The van der Waals surface area contributed by atoms with Crippen LogP contribution in [0.25, 0.3) is 11.0 Å². The lowest BCUT2D eigenvalue weighted by atomic mass is 9.85. The number of carbonyl (C=O) groups is 2. The Hall–Kier alpha value is -3.76. The number of amidine groups is 1. The summed E-state index contributed by atoms with van der Waals surface area (Å²) in [6.07, 6.45) is 2.00. The summed E-state index contributed by atoms with van der Waals surface area (Å²) in [6, 6.07) is 11.2. The predicted molar refractivity (Wildman–Crippen MR) is 148 cm³/mol. The molecule has 6 N–H and O–H groups in total. The second-order valence-electron chi connectivity index (χ2n) is 10.3. The zero-order chi connectivity index (χ0) is 27.5. The maximum absolute atomic E-state index is 14.1. The molecule has 0 spiro atoms. The SMILES string of the molecule is CCOC(=O)CN[C@@](C)(C(=O)[N+]1(C)CCCC1)c1ccc2[nH]c(CNc3ccc(C(=N)N)cc3)nc2c1C. The molecule has 1 amide bonds. The van der Waals surface area contributed by atoms with Crippen LogP contribution < -0.4 is 16.4 Å². The first-order chi connectivity index (χ1) is 18.1. The Kier molecular flexibility index (Phi) is 7.84. The number of aryl methyl sites for hydroxylation is 1. The van der Waals surface area contributed by atoms with E-state index in [1.54, 1.807) is 19.1 Å². The average molecular weight is 521 g/mol. The molecule has 2 aromatic carbocycles. The molecule has 10 nitrogen and oxygen atoms in total. The molecule has 1 atom stereocenters. The normalized spacial score (nSPS) is 16.2. The highest BCUT2D eigenvalue weighted by Crippen LogP contribution is 2.34. The van der Waals surface area contributed by atoms with Crippen LogP contribution in [0.3, 0.4) is 0 Å². The van der Waals surface area contributed by atoms with E-state index in [0.29, 0.717) is 16.6 Å². The molecule has 1 fully saturated rings. The molecule has 4 rings (SSSR count). The van der Waals surface area contributed by atoms with Crippen molar-refractivity contribution >= 4 is 34.4 Å². The van der Waals surface area contributed by atoms with E-state index in [2.05, 4.69) is 15.6 Å². The van der Waals surface area contributed by atoms with Crippen molar-refractivity contribution in [2.24, 2.45) is 5.73 Å². The van der Waals surface area contributed by atoms with Crippen LogP contribution in [0.4, 0.5) is 5.69 Å². The third-order valence-corrected chi connectivity index (χ3v) is 7.51. The number of anilines is 1. The summed E-state index contributed by atoms with van der Waals surface area (Å²) in [5, 5.41) is 14.1. The lowest BCUT2D eigenvalue weighted by molar-refractivity contribution is -0.823. The van der Waals surface area contributed by atoms with Crippen LogP contribution in [-0.2, 0) is 26.4 Å². The van der Waals surface area contributed by atoms with Gasteiger partial charge in [0.1, 0.15) is 11.7 Å². The number of quaternary nitrogens is 1. The number of hydrogen-bond donors (Lipinski definition) is 5. The summed E-state index contributed by atoms with van der Waals surface area (Å²) < 4.78 is 5.45. The van der Waals surface area contributed by atoms with Gasteiger partial charge in [0.2, 0.25) is 0 Å². The van der Waals surface area contributed by atoms with Crippen LogP contribution in [0.2, 0.25) is 0 Å².